The molecule has 0 heterocycles. The number of hydrogen-bond donors (Lipinski definition) is 1. The molecule has 0 bridgehead atoms. The SMILES string of the molecule is CCCCCCCCCCCCCCCCCC[P+](C)(C)O. The van der Waals surface area contributed by atoms with Crippen LogP contribution in [0.5, 0.6) is 0 Å². The van der Waals surface area contributed by atoms with Crippen LogP contribution in [0.3, 0.4) is 0 Å². The molecule has 0 spiro atoms. The molecule has 0 saturated heterocycles. The number of hydrogen-bond acceptors (Lipinski definition) is 1. The average molecular weight is 332 g/mol. The highest BCUT2D eigenvalue weighted by Crippen LogP contribution is 2.46. The van der Waals surface area contributed by atoms with E-state index < -0.39 is 7.49 Å². The van der Waals surface area contributed by atoms with Crippen LogP contribution in [0.1, 0.15) is 110 Å². The van der Waals surface area contributed by atoms with Gasteiger partial charge in [0.15, 0.2) is 0 Å². The largest absolute Gasteiger partial charge is 0.252 e. The van der Waals surface area contributed by atoms with Crippen molar-refractivity contribution in [3.8, 4) is 0 Å². The van der Waals surface area contributed by atoms with Gasteiger partial charge in [0.1, 0.15) is 7.49 Å². The van der Waals surface area contributed by atoms with Crippen molar-refractivity contribution in [1.29, 1.82) is 0 Å². The molecule has 0 radical (unpaired) electrons. The van der Waals surface area contributed by atoms with Crippen LogP contribution >= 0.6 is 7.49 Å². The zero-order valence-corrected chi connectivity index (χ0v) is 16.8. The van der Waals surface area contributed by atoms with Crippen molar-refractivity contribution in [3.63, 3.8) is 0 Å². The first-order valence-corrected chi connectivity index (χ1v) is 12.9. The Hall–Kier alpha value is 0.390. The highest BCUT2D eigenvalue weighted by molar-refractivity contribution is 7.68. The summed E-state index contributed by atoms with van der Waals surface area (Å²) in [6.45, 7) is 6.34. The summed E-state index contributed by atoms with van der Waals surface area (Å²) in [4.78, 5) is 9.74. The van der Waals surface area contributed by atoms with E-state index in [0.29, 0.717) is 0 Å². The molecule has 0 aromatic heterocycles. The van der Waals surface area contributed by atoms with Crippen molar-refractivity contribution in [2.75, 3.05) is 19.5 Å². The minimum Gasteiger partial charge on any atom is -0.252 e. The fraction of sp³-hybridized carbons (Fsp3) is 1.00. The maximum absolute atomic E-state index is 9.74. The van der Waals surface area contributed by atoms with Crippen LogP contribution in [-0.4, -0.2) is 24.4 Å². The molecule has 0 amide bonds. The van der Waals surface area contributed by atoms with E-state index >= 15 is 0 Å². The third-order valence-electron chi connectivity index (χ3n) is 4.56. The maximum Gasteiger partial charge on any atom is 0.136 e. The average Bonchev–Trinajstić information content (AvgIpc) is 2.45. The lowest BCUT2D eigenvalue weighted by molar-refractivity contribution is 0.530. The summed E-state index contributed by atoms with van der Waals surface area (Å²) in [6.07, 6.45) is 23.7. The summed E-state index contributed by atoms with van der Waals surface area (Å²) < 4.78 is 0. The Kier molecular flexibility index (Phi) is 16.5. The summed E-state index contributed by atoms with van der Waals surface area (Å²) >= 11 is 0. The lowest BCUT2D eigenvalue weighted by Gasteiger charge is -2.08. The number of unbranched alkanes of at least 4 members (excludes halogenated alkanes) is 15. The molecule has 0 rings (SSSR count). The fourth-order valence-electron chi connectivity index (χ4n) is 3.05. The first-order chi connectivity index (χ1) is 10.6. The second kappa shape index (κ2) is 16.3. The van der Waals surface area contributed by atoms with Gasteiger partial charge in [-0.2, -0.15) is 0 Å². The Labute approximate surface area is 142 Å². The summed E-state index contributed by atoms with van der Waals surface area (Å²) in [5.74, 6) is 0. The van der Waals surface area contributed by atoms with E-state index in [1.807, 2.05) is 13.3 Å². The molecule has 134 valence electrons. The fourth-order valence-corrected chi connectivity index (χ4v) is 4.04. The maximum atomic E-state index is 9.74. The Bertz CT molecular complexity index is 210. The van der Waals surface area contributed by atoms with Crippen LogP contribution in [-0.2, 0) is 0 Å². The van der Waals surface area contributed by atoms with Crippen LogP contribution in [0.4, 0.5) is 0 Å². The first kappa shape index (κ1) is 22.4. The van der Waals surface area contributed by atoms with E-state index in [1.165, 1.54) is 103 Å². The van der Waals surface area contributed by atoms with Gasteiger partial charge in [0, 0.05) is 0 Å². The van der Waals surface area contributed by atoms with Gasteiger partial charge in [0.25, 0.3) is 0 Å². The Balaban J connectivity index is 3.00. The summed E-state index contributed by atoms with van der Waals surface area (Å²) in [6, 6.07) is 0. The summed E-state index contributed by atoms with van der Waals surface area (Å²) in [5.41, 5.74) is 0. The van der Waals surface area contributed by atoms with Gasteiger partial charge in [-0.3, -0.25) is 4.89 Å². The van der Waals surface area contributed by atoms with Crippen LogP contribution < -0.4 is 0 Å². The highest BCUT2D eigenvalue weighted by Gasteiger charge is 2.19. The van der Waals surface area contributed by atoms with Gasteiger partial charge in [-0.05, 0) is 12.8 Å². The quantitative estimate of drug-likeness (QED) is 0.217. The minimum atomic E-state index is -1.50. The van der Waals surface area contributed by atoms with Crippen LogP contribution in [0.25, 0.3) is 0 Å². The molecule has 1 N–H and O–H groups in total. The zero-order chi connectivity index (χ0) is 16.5. The summed E-state index contributed by atoms with van der Waals surface area (Å²) in [7, 11) is -1.50. The lowest BCUT2D eigenvalue weighted by atomic mass is 10.0. The second-order valence-electron chi connectivity index (χ2n) is 7.65. The van der Waals surface area contributed by atoms with E-state index in [-0.39, 0.29) is 0 Å². The van der Waals surface area contributed by atoms with Gasteiger partial charge < -0.3 is 0 Å². The van der Waals surface area contributed by atoms with Crippen LogP contribution in [0.15, 0.2) is 0 Å². The molecule has 0 atom stereocenters. The molecule has 2 heteroatoms. The lowest BCUT2D eigenvalue weighted by Crippen LogP contribution is -1.93. The van der Waals surface area contributed by atoms with Gasteiger partial charge in [-0.25, -0.2) is 0 Å². The van der Waals surface area contributed by atoms with E-state index in [1.54, 1.807) is 0 Å². The van der Waals surface area contributed by atoms with Crippen molar-refractivity contribution in [3.05, 3.63) is 0 Å². The molecule has 0 aliphatic rings. The van der Waals surface area contributed by atoms with Gasteiger partial charge >= 0.3 is 0 Å². The molecule has 0 saturated carbocycles. The zero-order valence-electron chi connectivity index (χ0n) is 15.9. The van der Waals surface area contributed by atoms with Crippen LogP contribution in [0, 0.1) is 0 Å². The molecule has 22 heavy (non-hydrogen) atoms. The molecule has 0 aromatic rings. The molecule has 0 aliphatic carbocycles. The summed E-state index contributed by atoms with van der Waals surface area (Å²) in [5, 5.41) is 0. The standard InChI is InChI=1S/C20H44OP/c1-4-5-6-7-8-9-10-11-12-13-14-15-16-17-18-19-20-22(2,3)21/h21H,4-20H2,1-3H3/q+1. The van der Waals surface area contributed by atoms with E-state index in [0.717, 1.165) is 6.16 Å². The highest BCUT2D eigenvalue weighted by atomic mass is 31.2. The Morgan fingerprint density at radius 1 is 0.500 bits per heavy atom. The minimum absolute atomic E-state index is 1.06. The van der Waals surface area contributed by atoms with Gasteiger partial charge in [0.05, 0.1) is 19.5 Å². The Morgan fingerprint density at radius 3 is 1.05 bits per heavy atom. The molecule has 0 fully saturated rings. The third-order valence-corrected chi connectivity index (χ3v) is 5.97. The third kappa shape index (κ3) is 20.4. The molecular weight excluding hydrogens is 287 g/mol. The van der Waals surface area contributed by atoms with Crippen molar-refractivity contribution >= 4 is 7.49 Å². The first-order valence-electron chi connectivity index (χ1n) is 10.1. The van der Waals surface area contributed by atoms with Crippen molar-refractivity contribution in [2.45, 2.75) is 110 Å². The smallest absolute Gasteiger partial charge is 0.136 e. The van der Waals surface area contributed by atoms with Gasteiger partial charge in [-0.15, -0.1) is 0 Å². The molecular formula is C20H44OP+. The van der Waals surface area contributed by atoms with E-state index in [4.69, 9.17) is 0 Å². The molecule has 0 aliphatic heterocycles. The molecule has 1 nitrogen and oxygen atoms in total. The number of rotatable bonds is 17. The van der Waals surface area contributed by atoms with E-state index in [2.05, 4.69) is 6.92 Å². The van der Waals surface area contributed by atoms with Crippen molar-refractivity contribution < 1.29 is 4.89 Å². The van der Waals surface area contributed by atoms with Gasteiger partial charge in [-0.1, -0.05) is 96.8 Å². The van der Waals surface area contributed by atoms with Crippen molar-refractivity contribution in [2.24, 2.45) is 0 Å². The second-order valence-corrected chi connectivity index (χ2v) is 11.3. The predicted molar refractivity (Wildman–Crippen MR) is 105 cm³/mol. The normalized spacial score (nSPS) is 12.0. The van der Waals surface area contributed by atoms with Gasteiger partial charge in [0.2, 0.25) is 0 Å². The molecule has 0 unspecified atom stereocenters. The molecule has 0 aromatic carbocycles. The Morgan fingerprint density at radius 2 is 0.773 bits per heavy atom. The topological polar surface area (TPSA) is 20.2 Å². The van der Waals surface area contributed by atoms with Crippen LogP contribution in [0.2, 0.25) is 0 Å². The predicted octanol–water partition coefficient (Wildman–Crippen LogP) is 7.43. The van der Waals surface area contributed by atoms with Crippen molar-refractivity contribution in [1.82, 2.24) is 0 Å². The monoisotopic (exact) mass is 331 g/mol. The van der Waals surface area contributed by atoms with E-state index in [9.17, 15) is 4.89 Å².